The van der Waals surface area contributed by atoms with E-state index < -0.39 is 0 Å². The minimum atomic E-state index is -0.251. The molecule has 0 spiro atoms. The van der Waals surface area contributed by atoms with Gasteiger partial charge >= 0.3 is 5.97 Å². The van der Waals surface area contributed by atoms with Gasteiger partial charge in [-0.25, -0.2) is 4.79 Å². The first-order chi connectivity index (χ1) is 21.5. The number of esters is 1. The van der Waals surface area contributed by atoms with Crippen molar-refractivity contribution in [2.45, 2.75) is 88.9 Å². The topological polar surface area (TPSA) is 59.1 Å². The summed E-state index contributed by atoms with van der Waals surface area (Å²) in [6.45, 7) is 4.38. The highest BCUT2D eigenvalue weighted by molar-refractivity contribution is 5.98. The third-order valence-electron chi connectivity index (χ3n) is 11.9. The summed E-state index contributed by atoms with van der Waals surface area (Å²) in [6.07, 6.45) is 16.1. The SMILES string of the molecule is COC(=O)C1=Cc2cccc(N(CC34CCC(c5ccc(N6CCOCC6)cc5)(CC3)CC4)C(=O)C3CCCCC3)c2CC1. The second kappa shape index (κ2) is 12.3. The number of rotatable bonds is 7. The number of methoxy groups -OCH3 is 1. The summed E-state index contributed by atoms with van der Waals surface area (Å²) in [6, 6.07) is 15.8. The fourth-order valence-electron chi connectivity index (χ4n) is 9.03. The lowest BCUT2D eigenvalue weighted by molar-refractivity contribution is -0.136. The highest BCUT2D eigenvalue weighted by Crippen LogP contribution is 2.58. The summed E-state index contributed by atoms with van der Waals surface area (Å²) in [4.78, 5) is 31.4. The molecule has 1 aliphatic heterocycles. The lowest BCUT2D eigenvalue weighted by Crippen LogP contribution is -2.52. The number of benzene rings is 2. The van der Waals surface area contributed by atoms with Crippen molar-refractivity contribution in [3.8, 4) is 0 Å². The van der Waals surface area contributed by atoms with Crippen LogP contribution in [0, 0.1) is 11.3 Å². The third-order valence-corrected chi connectivity index (χ3v) is 11.9. The number of nitrogens with zero attached hydrogens (tertiary/aromatic N) is 2. The fourth-order valence-corrected chi connectivity index (χ4v) is 9.03. The van der Waals surface area contributed by atoms with Crippen LogP contribution >= 0.6 is 0 Å². The Bertz CT molecular complexity index is 1380. The molecule has 6 aliphatic rings. The Morgan fingerprint density at radius 2 is 1.61 bits per heavy atom. The normalized spacial score (nSPS) is 26.9. The molecule has 5 fully saturated rings. The molecule has 6 nitrogen and oxygen atoms in total. The number of ether oxygens (including phenoxy) is 2. The maximum absolute atomic E-state index is 14.4. The molecule has 2 aromatic rings. The van der Waals surface area contributed by atoms with Gasteiger partial charge in [0.25, 0.3) is 0 Å². The Kier molecular flexibility index (Phi) is 8.30. The second-order valence-electron chi connectivity index (χ2n) is 14.2. The van der Waals surface area contributed by atoms with E-state index in [1.165, 1.54) is 68.9 Å². The molecule has 1 amide bonds. The van der Waals surface area contributed by atoms with Crippen LogP contribution in [0.4, 0.5) is 11.4 Å². The van der Waals surface area contributed by atoms with E-state index in [-0.39, 0.29) is 22.7 Å². The quantitative estimate of drug-likeness (QED) is 0.316. The predicted molar refractivity (Wildman–Crippen MR) is 175 cm³/mol. The van der Waals surface area contributed by atoms with Gasteiger partial charge in [0.2, 0.25) is 5.91 Å². The molecule has 0 atom stereocenters. The van der Waals surface area contributed by atoms with Crippen molar-refractivity contribution in [1.29, 1.82) is 0 Å². The zero-order chi connectivity index (χ0) is 30.1. The molecule has 0 unspecified atom stereocenters. The number of hydrogen-bond donors (Lipinski definition) is 0. The van der Waals surface area contributed by atoms with E-state index in [4.69, 9.17) is 9.47 Å². The molecule has 2 aromatic carbocycles. The summed E-state index contributed by atoms with van der Waals surface area (Å²) in [5.41, 5.74) is 7.31. The Morgan fingerprint density at radius 1 is 0.909 bits per heavy atom. The first-order valence-electron chi connectivity index (χ1n) is 17.1. The average Bonchev–Trinajstić information content (AvgIpc) is 3.11. The van der Waals surface area contributed by atoms with Crippen molar-refractivity contribution in [1.82, 2.24) is 0 Å². The molecule has 2 bridgehead atoms. The maximum atomic E-state index is 14.4. The van der Waals surface area contributed by atoms with Gasteiger partial charge in [0.05, 0.1) is 20.3 Å². The van der Waals surface area contributed by atoms with Crippen molar-refractivity contribution in [3.63, 3.8) is 0 Å². The highest BCUT2D eigenvalue weighted by atomic mass is 16.5. The Balaban J connectivity index is 1.13. The van der Waals surface area contributed by atoms with Gasteiger partial charge in [0.15, 0.2) is 0 Å². The molecule has 1 saturated heterocycles. The molecular weight excluding hydrogens is 548 g/mol. The summed E-state index contributed by atoms with van der Waals surface area (Å²) in [5.74, 6) is 0.201. The van der Waals surface area contributed by atoms with Crippen LogP contribution in [0.15, 0.2) is 48.0 Å². The number of fused-ring (bicyclic) bond motifs is 4. The molecule has 0 radical (unpaired) electrons. The minimum absolute atomic E-state index is 0.122. The molecule has 0 N–H and O–H groups in total. The van der Waals surface area contributed by atoms with Crippen LogP contribution < -0.4 is 9.80 Å². The zero-order valence-corrected chi connectivity index (χ0v) is 26.5. The van der Waals surface area contributed by atoms with Gasteiger partial charge < -0.3 is 19.3 Å². The van der Waals surface area contributed by atoms with E-state index >= 15 is 0 Å². The summed E-state index contributed by atoms with van der Waals surface area (Å²) in [7, 11) is 1.45. The Labute approximate surface area is 262 Å². The van der Waals surface area contributed by atoms with Crippen LogP contribution in [-0.2, 0) is 30.9 Å². The minimum Gasteiger partial charge on any atom is -0.466 e. The van der Waals surface area contributed by atoms with Gasteiger partial charge in [-0.3, -0.25) is 4.79 Å². The summed E-state index contributed by atoms with van der Waals surface area (Å²) < 4.78 is 10.6. The number of morpholine rings is 1. The molecular formula is C38H48N2O4. The van der Waals surface area contributed by atoms with Crippen LogP contribution in [0.25, 0.3) is 6.08 Å². The number of carbonyl (C=O) groups is 2. The van der Waals surface area contributed by atoms with Gasteiger partial charge in [-0.1, -0.05) is 43.5 Å². The molecule has 44 heavy (non-hydrogen) atoms. The third kappa shape index (κ3) is 5.59. The Hall–Kier alpha value is -3.12. The highest BCUT2D eigenvalue weighted by Gasteiger charge is 2.50. The van der Waals surface area contributed by atoms with Crippen LogP contribution in [0.2, 0.25) is 0 Å². The van der Waals surface area contributed by atoms with Gasteiger partial charge in [-0.2, -0.15) is 0 Å². The van der Waals surface area contributed by atoms with Crippen molar-refractivity contribution >= 4 is 29.3 Å². The van der Waals surface area contributed by atoms with E-state index in [0.29, 0.717) is 12.3 Å². The van der Waals surface area contributed by atoms with E-state index in [0.717, 1.165) is 81.8 Å². The smallest absolute Gasteiger partial charge is 0.333 e. The lowest BCUT2D eigenvalue weighted by Gasteiger charge is -2.55. The monoisotopic (exact) mass is 596 g/mol. The number of anilines is 2. The predicted octanol–water partition coefficient (Wildman–Crippen LogP) is 7.23. The number of amides is 1. The van der Waals surface area contributed by atoms with Crippen molar-refractivity contribution in [2.24, 2.45) is 11.3 Å². The molecule has 4 saturated carbocycles. The van der Waals surface area contributed by atoms with E-state index in [1.54, 1.807) is 0 Å². The van der Waals surface area contributed by atoms with Crippen molar-refractivity contribution in [3.05, 3.63) is 64.7 Å². The molecule has 5 aliphatic carbocycles. The summed E-state index contributed by atoms with van der Waals surface area (Å²) in [5, 5.41) is 0. The molecule has 1 heterocycles. The summed E-state index contributed by atoms with van der Waals surface area (Å²) >= 11 is 0. The van der Waals surface area contributed by atoms with Crippen molar-refractivity contribution in [2.75, 3.05) is 49.8 Å². The molecule has 6 heteroatoms. The van der Waals surface area contributed by atoms with Gasteiger partial charge in [-0.05, 0) is 116 Å². The van der Waals surface area contributed by atoms with Crippen molar-refractivity contribution < 1.29 is 19.1 Å². The van der Waals surface area contributed by atoms with Crippen LogP contribution in [0.3, 0.4) is 0 Å². The largest absolute Gasteiger partial charge is 0.466 e. The van der Waals surface area contributed by atoms with Crippen LogP contribution in [0.5, 0.6) is 0 Å². The Morgan fingerprint density at radius 3 is 2.30 bits per heavy atom. The fraction of sp³-hybridized carbons (Fsp3) is 0.579. The average molecular weight is 597 g/mol. The van der Waals surface area contributed by atoms with E-state index in [9.17, 15) is 9.59 Å². The number of hydrogen-bond acceptors (Lipinski definition) is 5. The van der Waals surface area contributed by atoms with Crippen LogP contribution in [0.1, 0.15) is 93.7 Å². The first kappa shape index (κ1) is 29.6. The zero-order valence-electron chi connectivity index (χ0n) is 26.5. The lowest BCUT2D eigenvalue weighted by atomic mass is 9.51. The van der Waals surface area contributed by atoms with Crippen LogP contribution in [-0.4, -0.2) is 51.8 Å². The van der Waals surface area contributed by atoms with Gasteiger partial charge in [-0.15, -0.1) is 0 Å². The molecule has 234 valence electrons. The second-order valence-corrected chi connectivity index (χ2v) is 14.2. The molecule has 8 rings (SSSR count). The standard InChI is InChI=1S/C38H48N2O4/c1-43-36(42)30-10-15-33-29(26-30)8-5-9-34(33)40(35(41)28-6-3-2-4-7-28)27-37-16-19-38(20-17-37,21-18-37)31-11-13-32(14-12-31)39-22-24-44-25-23-39/h5,8-9,11-14,26,28H,2-4,6-7,10,15-25,27H2,1H3. The van der Waals surface area contributed by atoms with Gasteiger partial charge in [0.1, 0.15) is 0 Å². The van der Waals surface area contributed by atoms with Gasteiger partial charge in [0, 0.05) is 42.5 Å². The maximum Gasteiger partial charge on any atom is 0.333 e. The molecule has 0 aromatic heterocycles. The number of carbonyl (C=O) groups excluding carboxylic acids is 2. The first-order valence-corrected chi connectivity index (χ1v) is 17.1. The van der Waals surface area contributed by atoms with E-state index in [2.05, 4.69) is 52.3 Å². The van der Waals surface area contributed by atoms with E-state index in [1.807, 2.05) is 6.08 Å².